The van der Waals surface area contributed by atoms with Crippen LogP contribution in [-0.2, 0) is 0 Å². The van der Waals surface area contributed by atoms with Gasteiger partial charge in [0.2, 0.25) is 6.79 Å². The van der Waals surface area contributed by atoms with E-state index in [2.05, 4.69) is 26.1 Å². The van der Waals surface area contributed by atoms with Crippen molar-refractivity contribution >= 4 is 0 Å². The molecule has 4 nitrogen and oxygen atoms in total. The minimum Gasteiger partial charge on any atom is -0.493 e. The van der Waals surface area contributed by atoms with Gasteiger partial charge in [-0.05, 0) is 52.3 Å². The van der Waals surface area contributed by atoms with E-state index in [0.717, 1.165) is 43.2 Å². The Morgan fingerprint density at radius 3 is 2.74 bits per heavy atom. The average molecular weight is 265 g/mol. The highest BCUT2D eigenvalue weighted by Gasteiger charge is 2.13. The summed E-state index contributed by atoms with van der Waals surface area (Å²) in [4.78, 5) is 0. The topological polar surface area (TPSA) is 39.7 Å². The van der Waals surface area contributed by atoms with Gasteiger partial charge in [0.15, 0.2) is 11.5 Å². The molecule has 0 aliphatic carbocycles. The van der Waals surface area contributed by atoms with E-state index in [9.17, 15) is 0 Å². The van der Waals surface area contributed by atoms with Crippen LogP contribution in [0.5, 0.6) is 17.2 Å². The second-order valence-corrected chi connectivity index (χ2v) is 5.75. The molecule has 1 aromatic carbocycles. The van der Waals surface area contributed by atoms with Crippen LogP contribution < -0.4 is 19.5 Å². The lowest BCUT2D eigenvalue weighted by Gasteiger charge is -2.20. The Morgan fingerprint density at radius 1 is 1.16 bits per heavy atom. The Labute approximate surface area is 115 Å². The van der Waals surface area contributed by atoms with Gasteiger partial charge in [0, 0.05) is 11.6 Å². The molecule has 0 saturated heterocycles. The summed E-state index contributed by atoms with van der Waals surface area (Å²) < 4.78 is 16.3. The molecule has 1 aromatic rings. The Kier molecular flexibility index (Phi) is 4.53. The predicted octanol–water partition coefficient (Wildman–Crippen LogP) is 2.96. The first-order valence-corrected chi connectivity index (χ1v) is 6.82. The van der Waals surface area contributed by atoms with Gasteiger partial charge in [-0.1, -0.05) is 0 Å². The molecule has 0 fully saturated rings. The molecule has 0 radical (unpaired) electrons. The number of benzene rings is 1. The van der Waals surface area contributed by atoms with Gasteiger partial charge in [-0.15, -0.1) is 0 Å². The molecule has 19 heavy (non-hydrogen) atoms. The molecule has 1 N–H and O–H groups in total. The van der Waals surface area contributed by atoms with Gasteiger partial charge in [-0.2, -0.15) is 0 Å². The predicted molar refractivity (Wildman–Crippen MR) is 75.0 cm³/mol. The molecule has 0 amide bonds. The molecule has 0 bridgehead atoms. The molecule has 106 valence electrons. The van der Waals surface area contributed by atoms with Crippen molar-refractivity contribution in [2.75, 3.05) is 19.9 Å². The van der Waals surface area contributed by atoms with E-state index in [1.165, 1.54) is 0 Å². The summed E-state index contributed by atoms with van der Waals surface area (Å²) in [7, 11) is 0. The Balaban J connectivity index is 1.63. The molecule has 0 unspecified atom stereocenters. The number of ether oxygens (including phenoxy) is 3. The first-order chi connectivity index (χ1) is 9.04. The van der Waals surface area contributed by atoms with E-state index < -0.39 is 0 Å². The molecule has 4 heteroatoms. The highest BCUT2D eigenvalue weighted by atomic mass is 16.7. The van der Waals surface area contributed by atoms with Crippen molar-refractivity contribution in [1.29, 1.82) is 0 Å². The zero-order chi connectivity index (χ0) is 13.7. The number of fused-ring (bicyclic) bond motifs is 1. The van der Waals surface area contributed by atoms with Crippen LogP contribution in [-0.4, -0.2) is 25.5 Å². The molecule has 0 atom stereocenters. The van der Waals surface area contributed by atoms with Crippen molar-refractivity contribution in [2.45, 2.75) is 39.2 Å². The van der Waals surface area contributed by atoms with Gasteiger partial charge in [-0.25, -0.2) is 0 Å². The van der Waals surface area contributed by atoms with Crippen molar-refractivity contribution in [3.63, 3.8) is 0 Å². The van der Waals surface area contributed by atoms with Crippen molar-refractivity contribution < 1.29 is 14.2 Å². The number of hydrogen-bond donors (Lipinski definition) is 1. The molecule has 1 aliphatic heterocycles. The first kappa shape index (κ1) is 14.0. The fourth-order valence-electron chi connectivity index (χ4n) is 1.85. The van der Waals surface area contributed by atoms with Crippen LogP contribution in [0.2, 0.25) is 0 Å². The van der Waals surface area contributed by atoms with Crippen molar-refractivity contribution in [3.8, 4) is 17.2 Å². The van der Waals surface area contributed by atoms with Crippen molar-refractivity contribution in [1.82, 2.24) is 5.32 Å². The lowest BCUT2D eigenvalue weighted by atomic mass is 10.1. The fourth-order valence-corrected chi connectivity index (χ4v) is 1.85. The van der Waals surface area contributed by atoms with E-state index in [-0.39, 0.29) is 5.54 Å². The van der Waals surface area contributed by atoms with E-state index in [4.69, 9.17) is 14.2 Å². The molecule has 0 saturated carbocycles. The third kappa shape index (κ3) is 4.63. The molecule has 0 spiro atoms. The SMILES string of the molecule is CC(C)(C)NCCCCOc1ccc2c(c1)OCO2. The highest BCUT2D eigenvalue weighted by Crippen LogP contribution is 2.35. The van der Waals surface area contributed by atoms with E-state index in [0.29, 0.717) is 6.79 Å². The lowest BCUT2D eigenvalue weighted by Crippen LogP contribution is -2.36. The van der Waals surface area contributed by atoms with Crippen LogP contribution in [0.4, 0.5) is 0 Å². The largest absolute Gasteiger partial charge is 0.493 e. The summed E-state index contributed by atoms with van der Waals surface area (Å²) in [5, 5.41) is 3.46. The van der Waals surface area contributed by atoms with Gasteiger partial charge in [0.25, 0.3) is 0 Å². The number of hydrogen-bond acceptors (Lipinski definition) is 4. The van der Waals surface area contributed by atoms with Crippen molar-refractivity contribution in [3.05, 3.63) is 18.2 Å². The maximum absolute atomic E-state index is 5.70. The summed E-state index contributed by atoms with van der Waals surface area (Å²) in [5.74, 6) is 2.40. The summed E-state index contributed by atoms with van der Waals surface area (Å²) >= 11 is 0. The first-order valence-electron chi connectivity index (χ1n) is 6.82. The number of nitrogens with one attached hydrogen (secondary N) is 1. The van der Waals surface area contributed by atoms with E-state index >= 15 is 0 Å². The summed E-state index contributed by atoms with van der Waals surface area (Å²) in [6, 6.07) is 5.69. The van der Waals surface area contributed by atoms with Crippen molar-refractivity contribution in [2.24, 2.45) is 0 Å². The normalized spacial score (nSPS) is 13.6. The maximum Gasteiger partial charge on any atom is 0.231 e. The zero-order valence-electron chi connectivity index (χ0n) is 12.0. The standard InChI is InChI=1S/C15H23NO3/c1-15(2,3)16-8-4-5-9-17-12-6-7-13-14(10-12)19-11-18-13/h6-7,10,16H,4-5,8-9,11H2,1-3H3. The second kappa shape index (κ2) is 6.15. The minimum atomic E-state index is 0.193. The molecule has 1 heterocycles. The molecule has 0 aromatic heterocycles. The molecular formula is C15H23NO3. The highest BCUT2D eigenvalue weighted by molar-refractivity contribution is 5.46. The average Bonchev–Trinajstić information content (AvgIpc) is 2.79. The van der Waals surface area contributed by atoms with Crippen LogP contribution >= 0.6 is 0 Å². The smallest absolute Gasteiger partial charge is 0.231 e. The quantitative estimate of drug-likeness (QED) is 0.803. The van der Waals surface area contributed by atoms with Gasteiger partial charge >= 0.3 is 0 Å². The summed E-state index contributed by atoms with van der Waals surface area (Å²) in [6.07, 6.45) is 2.15. The lowest BCUT2D eigenvalue weighted by molar-refractivity contribution is 0.173. The van der Waals surface area contributed by atoms with Crippen LogP contribution in [0.1, 0.15) is 33.6 Å². The third-order valence-electron chi connectivity index (χ3n) is 2.84. The summed E-state index contributed by atoms with van der Waals surface area (Å²) in [6.45, 7) is 8.58. The fraction of sp³-hybridized carbons (Fsp3) is 0.600. The van der Waals surface area contributed by atoms with Gasteiger partial charge in [-0.3, -0.25) is 0 Å². The molecule has 2 rings (SSSR count). The van der Waals surface area contributed by atoms with Crippen LogP contribution in [0.25, 0.3) is 0 Å². The van der Waals surface area contributed by atoms with Gasteiger partial charge in [0.1, 0.15) is 5.75 Å². The van der Waals surface area contributed by atoms with Gasteiger partial charge < -0.3 is 19.5 Å². The van der Waals surface area contributed by atoms with Crippen LogP contribution in [0, 0.1) is 0 Å². The van der Waals surface area contributed by atoms with Crippen LogP contribution in [0.15, 0.2) is 18.2 Å². The molecule has 1 aliphatic rings. The monoisotopic (exact) mass is 265 g/mol. The maximum atomic E-state index is 5.70. The van der Waals surface area contributed by atoms with E-state index in [1.807, 2.05) is 18.2 Å². The Hall–Kier alpha value is -1.42. The molecular weight excluding hydrogens is 242 g/mol. The van der Waals surface area contributed by atoms with Crippen LogP contribution in [0.3, 0.4) is 0 Å². The third-order valence-corrected chi connectivity index (χ3v) is 2.84. The Bertz CT molecular complexity index is 412. The zero-order valence-corrected chi connectivity index (χ0v) is 12.0. The Morgan fingerprint density at radius 2 is 1.95 bits per heavy atom. The number of unbranched alkanes of at least 4 members (excludes halogenated alkanes) is 1. The minimum absolute atomic E-state index is 0.193. The van der Waals surface area contributed by atoms with Gasteiger partial charge in [0.05, 0.1) is 6.61 Å². The second-order valence-electron chi connectivity index (χ2n) is 5.75. The summed E-state index contributed by atoms with van der Waals surface area (Å²) in [5.41, 5.74) is 0.193. The number of rotatable bonds is 6. The van der Waals surface area contributed by atoms with E-state index in [1.54, 1.807) is 0 Å².